The Labute approximate surface area is 234 Å². The summed E-state index contributed by atoms with van der Waals surface area (Å²) in [7, 11) is 3.30. The first kappa shape index (κ1) is 25.2. The summed E-state index contributed by atoms with van der Waals surface area (Å²) in [5, 5.41) is 18.0. The van der Waals surface area contributed by atoms with Gasteiger partial charge in [0.15, 0.2) is 0 Å². The van der Waals surface area contributed by atoms with Gasteiger partial charge >= 0.3 is 5.97 Å². The summed E-state index contributed by atoms with van der Waals surface area (Å²) in [5.74, 6) is 0.457. The quantitative estimate of drug-likeness (QED) is 0.306. The highest BCUT2D eigenvalue weighted by Gasteiger charge is 2.46. The number of methoxy groups -OCH3 is 1. The molecule has 0 aliphatic heterocycles. The van der Waals surface area contributed by atoms with E-state index in [1.165, 1.54) is 49.6 Å². The van der Waals surface area contributed by atoms with Crippen LogP contribution < -0.4 is 0 Å². The Hall–Kier alpha value is -3.75. The van der Waals surface area contributed by atoms with E-state index in [4.69, 9.17) is 14.9 Å². The van der Waals surface area contributed by atoms with Crippen LogP contribution in [0.4, 0.5) is 0 Å². The summed E-state index contributed by atoms with van der Waals surface area (Å²) in [4.78, 5) is 12.7. The van der Waals surface area contributed by atoms with Gasteiger partial charge in [-0.15, -0.1) is 5.10 Å². The molecule has 0 amide bonds. The molecule has 0 saturated heterocycles. The summed E-state index contributed by atoms with van der Waals surface area (Å²) in [6, 6.07) is 9.15. The molecule has 40 heavy (non-hydrogen) atoms. The number of carbonyl (C=O) groups excluding carboxylic acids is 1. The fourth-order valence-electron chi connectivity index (χ4n) is 7.31. The minimum absolute atomic E-state index is 0.140. The van der Waals surface area contributed by atoms with E-state index in [1.807, 2.05) is 17.9 Å². The van der Waals surface area contributed by atoms with Crippen LogP contribution >= 0.6 is 0 Å². The fourth-order valence-corrected chi connectivity index (χ4v) is 7.31. The molecule has 3 aliphatic rings. The molecule has 2 unspecified atom stereocenters. The molecule has 0 spiro atoms. The van der Waals surface area contributed by atoms with Crippen molar-refractivity contribution in [1.82, 2.24) is 34.6 Å². The van der Waals surface area contributed by atoms with Gasteiger partial charge in [0, 0.05) is 36.2 Å². The van der Waals surface area contributed by atoms with E-state index < -0.39 is 0 Å². The molecule has 3 aliphatic carbocycles. The highest BCUT2D eigenvalue weighted by molar-refractivity contribution is 5.91. The van der Waals surface area contributed by atoms with Crippen LogP contribution in [0, 0.1) is 0 Å². The van der Waals surface area contributed by atoms with Crippen molar-refractivity contribution in [2.24, 2.45) is 7.05 Å². The zero-order valence-electron chi connectivity index (χ0n) is 23.7. The second-order valence-electron chi connectivity index (χ2n) is 12.6. The molecule has 0 N–H and O–H groups in total. The third-order valence-corrected chi connectivity index (χ3v) is 9.46. The van der Waals surface area contributed by atoms with Crippen molar-refractivity contribution in [3.63, 3.8) is 0 Å². The number of nitrogens with zero attached hydrogens (tertiary/aromatic N) is 7. The van der Waals surface area contributed by atoms with Crippen molar-refractivity contribution in [3.8, 4) is 5.69 Å². The number of hydrogen-bond donors (Lipinski definition) is 0. The van der Waals surface area contributed by atoms with E-state index in [2.05, 4.69) is 59.3 Å². The lowest BCUT2D eigenvalue weighted by molar-refractivity contribution is 0.0599. The van der Waals surface area contributed by atoms with Gasteiger partial charge in [0.1, 0.15) is 5.56 Å². The van der Waals surface area contributed by atoms with Crippen LogP contribution in [0.15, 0.2) is 42.9 Å². The molecule has 7 rings (SSSR count). The van der Waals surface area contributed by atoms with Crippen molar-refractivity contribution in [1.29, 1.82) is 0 Å². The Bertz CT molecular complexity index is 1580. The Morgan fingerprint density at radius 1 is 1.10 bits per heavy atom. The maximum atomic E-state index is 12.7. The number of hydrogen-bond acceptors (Lipinski definition) is 6. The van der Waals surface area contributed by atoms with Gasteiger partial charge in [0.25, 0.3) is 0 Å². The zero-order valence-corrected chi connectivity index (χ0v) is 23.7. The van der Waals surface area contributed by atoms with Gasteiger partial charge in [0.05, 0.1) is 42.6 Å². The van der Waals surface area contributed by atoms with E-state index in [-0.39, 0.29) is 23.2 Å². The number of aromatic nitrogens is 7. The maximum absolute atomic E-state index is 12.7. The van der Waals surface area contributed by atoms with Crippen molar-refractivity contribution in [3.05, 3.63) is 76.6 Å². The van der Waals surface area contributed by atoms with Gasteiger partial charge in [-0.1, -0.05) is 37.6 Å². The molecule has 2 fully saturated rings. The summed E-state index contributed by atoms with van der Waals surface area (Å²) in [6.07, 6.45) is 13.6. The molecule has 3 heterocycles. The minimum Gasteiger partial charge on any atom is -0.465 e. The smallest absolute Gasteiger partial charge is 0.341 e. The van der Waals surface area contributed by atoms with E-state index in [9.17, 15) is 4.79 Å². The first-order valence-electron chi connectivity index (χ1n) is 14.5. The third-order valence-electron chi connectivity index (χ3n) is 9.46. The Morgan fingerprint density at radius 3 is 2.77 bits per heavy atom. The number of ether oxygens (including phenoxy) is 1. The molecule has 9 nitrogen and oxygen atoms in total. The number of esters is 1. The van der Waals surface area contributed by atoms with Gasteiger partial charge in [-0.25, -0.2) is 9.48 Å². The first-order chi connectivity index (χ1) is 19.3. The van der Waals surface area contributed by atoms with E-state index in [1.54, 1.807) is 10.9 Å². The molecule has 4 aromatic rings. The summed E-state index contributed by atoms with van der Waals surface area (Å²) in [5.41, 5.74) is 7.76. The van der Waals surface area contributed by atoms with E-state index in [0.717, 1.165) is 36.3 Å². The van der Waals surface area contributed by atoms with Crippen molar-refractivity contribution >= 4 is 5.97 Å². The molecule has 4 atom stereocenters. The molecule has 1 aromatic carbocycles. The van der Waals surface area contributed by atoms with Gasteiger partial charge < -0.3 is 4.74 Å². The van der Waals surface area contributed by atoms with Crippen molar-refractivity contribution in [2.75, 3.05) is 7.11 Å². The average Bonchev–Trinajstić information content (AvgIpc) is 3.33. The standard InChI is InChI=1S/C31H37N7O2/c1-31(2)12-11-21-16-32-38(29(21)31)23-10-6-8-20(14-23)19-7-5-9-22(13-19)37-28(26(17-33-37)30(39)40-4)25-15-24(25)27-18-36(3)35-34-27/h5,7,9,13,16-18,20,23-25H,6,8,10-12,14-15H2,1-4H3/t20-,23-,24?,25?/m0/s1. The second-order valence-corrected chi connectivity index (χ2v) is 12.6. The Balaban J connectivity index is 1.19. The van der Waals surface area contributed by atoms with Gasteiger partial charge in [-0.2, -0.15) is 10.2 Å². The molecular formula is C31H37N7O2. The zero-order chi connectivity index (χ0) is 27.6. The predicted octanol–water partition coefficient (Wildman–Crippen LogP) is 5.38. The van der Waals surface area contributed by atoms with Crippen LogP contribution in [-0.2, 0) is 23.6 Å². The number of rotatable bonds is 6. The number of benzene rings is 1. The number of aryl methyl sites for hydroxylation is 2. The van der Waals surface area contributed by atoms with Gasteiger partial charge in [-0.3, -0.25) is 9.36 Å². The molecule has 3 aromatic heterocycles. The molecule has 9 heteroatoms. The lowest BCUT2D eigenvalue weighted by Crippen LogP contribution is -2.25. The van der Waals surface area contributed by atoms with Crippen LogP contribution in [0.25, 0.3) is 5.69 Å². The van der Waals surface area contributed by atoms with E-state index >= 15 is 0 Å². The van der Waals surface area contributed by atoms with Crippen LogP contribution in [0.3, 0.4) is 0 Å². The third kappa shape index (κ3) is 4.17. The molecule has 208 valence electrons. The minimum atomic E-state index is -0.355. The van der Waals surface area contributed by atoms with Crippen molar-refractivity contribution < 1.29 is 9.53 Å². The summed E-state index contributed by atoms with van der Waals surface area (Å²) < 4.78 is 11.2. The van der Waals surface area contributed by atoms with Crippen molar-refractivity contribution in [2.45, 2.75) is 88.0 Å². The average molecular weight is 540 g/mol. The maximum Gasteiger partial charge on any atom is 0.341 e. The normalized spacial score (nSPS) is 25.1. The van der Waals surface area contributed by atoms with Gasteiger partial charge in [0.2, 0.25) is 0 Å². The molecular weight excluding hydrogens is 502 g/mol. The van der Waals surface area contributed by atoms with Crippen LogP contribution in [0.1, 0.15) is 115 Å². The van der Waals surface area contributed by atoms with Crippen LogP contribution in [-0.4, -0.2) is 47.6 Å². The highest BCUT2D eigenvalue weighted by atomic mass is 16.5. The van der Waals surface area contributed by atoms with Gasteiger partial charge in [-0.05, 0) is 67.7 Å². The van der Waals surface area contributed by atoms with E-state index in [0.29, 0.717) is 17.5 Å². The lowest BCUT2D eigenvalue weighted by atomic mass is 9.80. The topological polar surface area (TPSA) is 92.7 Å². The molecule has 0 bridgehead atoms. The Kier molecular flexibility index (Phi) is 5.94. The number of fused-ring (bicyclic) bond motifs is 1. The first-order valence-corrected chi connectivity index (χ1v) is 14.5. The second kappa shape index (κ2) is 9.42. The van der Waals surface area contributed by atoms with Crippen LogP contribution in [0.5, 0.6) is 0 Å². The fraction of sp³-hybridized carbons (Fsp3) is 0.516. The monoisotopic (exact) mass is 539 g/mol. The largest absolute Gasteiger partial charge is 0.465 e. The highest BCUT2D eigenvalue weighted by Crippen LogP contribution is 2.55. The SMILES string of the molecule is COC(=O)c1cnn(-c2cccc([C@H]3CCC[C@H](n4ncc5c4C(C)(C)CC5)C3)c2)c1C1CC1c1cn(C)nn1. The molecule has 0 radical (unpaired) electrons. The predicted molar refractivity (Wildman–Crippen MR) is 150 cm³/mol. The summed E-state index contributed by atoms with van der Waals surface area (Å²) in [6.45, 7) is 4.72. The van der Waals surface area contributed by atoms with Crippen LogP contribution in [0.2, 0.25) is 0 Å². The number of carbonyl (C=O) groups is 1. The Morgan fingerprint density at radius 2 is 1.98 bits per heavy atom. The lowest BCUT2D eigenvalue weighted by Gasteiger charge is -2.33. The summed E-state index contributed by atoms with van der Waals surface area (Å²) >= 11 is 0. The molecule has 2 saturated carbocycles.